The van der Waals surface area contributed by atoms with Gasteiger partial charge in [0.05, 0.1) is 19.5 Å². The second-order valence-corrected chi connectivity index (χ2v) is 7.62. The summed E-state index contributed by atoms with van der Waals surface area (Å²) < 4.78 is 33.8. The summed E-state index contributed by atoms with van der Waals surface area (Å²) in [5, 5.41) is 0.0361. The fourth-order valence-corrected chi connectivity index (χ4v) is 3.56. The van der Waals surface area contributed by atoms with Crippen LogP contribution in [0.15, 0.2) is 41.8 Å². The van der Waals surface area contributed by atoms with Gasteiger partial charge in [0, 0.05) is 39.4 Å². The topological polar surface area (TPSA) is 76.5 Å². The fourth-order valence-electron chi connectivity index (χ4n) is 2.56. The molecule has 1 N–H and O–H groups in total. The van der Waals surface area contributed by atoms with E-state index < -0.39 is 10.0 Å². The monoisotopic (exact) mass is 386 g/mol. The van der Waals surface area contributed by atoms with E-state index in [1.54, 1.807) is 11.6 Å². The largest absolute Gasteiger partial charge is 0.379 e. The second-order valence-electron chi connectivity index (χ2n) is 5.91. The molecule has 0 saturated carbocycles. The molecule has 2 aromatic rings. The maximum atomic E-state index is 12.1. The third-order valence-electron chi connectivity index (χ3n) is 3.96. The first-order valence-corrected chi connectivity index (χ1v) is 9.37. The average Bonchev–Trinajstić information content (AvgIpc) is 3.03. The standard InChI is InChI=1S/C16H22N4O3S.ClH/c1-19-12-16(17-13-19)24(21,22)18-10-14-2-4-15(5-3-14)11-20-6-8-23-9-7-20;/h2-5,12-13,18H,6-11H2,1H3;1H. The summed E-state index contributed by atoms with van der Waals surface area (Å²) >= 11 is 0. The Hall–Kier alpha value is -1.45. The van der Waals surface area contributed by atoms with Crippen molar-refractivity contribution in [3.05, 3.63) is 47.9 Å². The Bertz CT molecular complexity index is 771. The first-order chi connectivity index (χ1) is 11.5. The zero-order chi connectivity index (χ0) is 17.0. The van der Waals surface area contributed by atoms with Crippen molar-refractivity contribution in [1.82, 2.24) is 19.2 Å². The van der Waals surface area contributed by atoms with Crippen LogP contribution in [0.5, 0.6) is 0 Å². The van der Waals surface area contributed by atoms with Crippen molar-refractivity contribution in [2.45, 2.75) is 18.1 Å². The highest BCUT2D eigenvalue weighted by atomic mass is 35.5. The van der Waals surface area contributed by atoms with Crippen molar-refractivity contribution in [1.29, 1.82) is 0 Å². The number of nitrogens with one attached hydrogen (secondary N) is 1. The maximum absolute atomic E-state index is 12.1. The van der Waals surface area contributed by atoms with Crippen LogP contribution in [0.3, 0.4) is 0 Å². The van der Waals surface area contributed by atoms with Gasteiger partial charge in [0.2, 0.25) is 0 Å². The Balaban J connectivity index is 0.00000225. The van der Waals surface area contributed by atoms with E-state index in [1.807, 2.05) is 24.3 Å². The van der Waals surface area contributed by atoms with Gasteiger partial charge in [-0.25, -0.2) is 18.1 Å². The molecule has 2 heterocycles. The molecule has 0 unspecified atom stereocenters. The molecule has 0 spiro atoms. The Kier molecular flexibility index (Phi) is 6.97. The molecular weight excluding hydrogens is 364 g/mol. The van der Waals surface area contributed by atoms with Gasteiger partial charge >= 0.3 is 0 Å². The maximum Gasteiger partial charge on any atom is 0.259 e. The lowest BCUT2D eigenvalue weighted by Crippen LogP contribution is -2.35. The number of sulfonamides is 1. The van der Waals surface area contributed by atoms with Crippen LogP contribution in [0.2, 0.25) is 0 Å². The van der Waals surface area contributed by atoms with Gasteiger partial charge in [-0.2, -0.15) is 0 Å². The van der Waals surface area contributed by atoms with Gasteiger partial charge in [-0.3, -0.25) is 4.90 Å². The smallest absolute Gasteiger partial charge is 0.259 e. The molecule has 0 atom stereocenters. The predicted molar refractivity (Wildman–Crippen MR) is 97.0 cm³/mol. The van der Waals surface area contributed by atoms with E-state index in [9.17, 15) is 8.42 Å². The minimum atomic E-state index is -3.57. The van der Waals surface area contributed by atoms with Gasteiger partial charge in [-0.15, -0.1) is 12.4 Å². The molecule has 1 aliphatic heterocycles. The first kappa shape index (κ1) is 19.9. The molecule has 1 aromatic carbocycles. The van der Waals surface area contributed by atoms with Crippen molar-refractivity contribution >= 4 is 22.4 Å². The van der Waals surface area contributed by atoms with Crippen molar-refractivity contribution in [3.8, 4) is 0 Å². The highest BCUT2D eigenvalue weighted by Gasteiger charge is 2.16. The van der Waals surface area contributed by atoms with E-state index in [4.69, 9.17) is 4.74 Å². The molecule has 0 aliphatic carbocycles. The molecule has 0 amide bonds. The molecule has 1 saturated heterocycles. The van der Waals surface area contributed by atoms with Crippen LogP contribution < -0.4 is 4.72 Å². The molecule has 0 radical (unpaired) electrons. The van der Waals surface area contributed by atoms with Gasteiger partial charge < -0.3 is 9.30 Å². The summed E-state index contributed by atoms with van der Waals surface area (Å²) in [6.07, 6.45) is 2.95. The number of hydrogen-bond donors (Lipinski definition) is 1. The van der Waals surface area contributed by atoms with Gasteiger partial charge in [0.1, 0.15) is 0 Å². The fraction of sp³-hybridized carbons (Fsp3) is 0.438. The molecule has 9 heteroatoms. The lowest BCUT2D eigenvalue weighted by atomic mass is 10.1. The number of imidazole rings is 1. The van der Waals surface area contributed by atoms with E-state index in [-0.39, 0.29) is 24.0 Å². The van der Waals surface area contributed by atoms with Crippen molar-refractivity contribution < 1.29 is 13.2 Å². The lowest BCUT2D eigenvalue weighted by Gasteiger charge is -2.26. The number of rotatable bonds is 6. The number of ether oxygens (including phenoxy) is 1. The summed E-state index contributed by atoms with van der Waals surface area (Å²) in [5.74, 6) is 0. The number of morpholine rings is 1. The van der Waals surface area contributed by atoms with Crippen LogP contribution in [-0.4, -0.2) is 49.2 Å². The average molecular weight is 387 g/mol. The molecule has 3 rings (SSSR count). The molecule has 1 aliphatic rings. The van der Waals surface area contributed by atoms with E-state index in [1.165, 1.54) is 18.1 Å². The van der Waals surface area contributed by atoms with Crippen LogP contribution in [0, 0.1) is 0 Å². The Morgan fingerprint density at radius 2 is 1.80 bits per heavy atom. The number of halogens is 1. The number of benzene rings is 1. The zero-order valence-corrected chi connectivity index (χ0v) is 15.7. The Labute approximate surface area is 154 Å². The lowest BCUT2D eigenvalue weighted by molar-refractivity contribution is 0.0342. The zero-order valence-electron chi connectivity index (χ0n) is 14.1. The van der Waals surface area contributed by atoms with E-state index >= 15 is 0 Å². The van der Waals surface area contributed by atoms with E-state index in [2.05, 4.69) is 14.6 Å². The van der Waals surface area contributed by atoms with Crippen LogP contribution in [0.1, 0.15) is 11.1 Å². The second kappa shape index (κ2) is 8.77. The Morgan fingerprint density at radius 3 is 2.40 bits per heavy atom. The van der Waals surface area contributed by atoms with E-state index in [0.717, 1.165) is 38.4 Å². The highest BCUT2D eigenvalue weighted by molar-refractivity contribution is 7.89. The van der Waals surface area contributed by atoms with Crippen molar-refractivity contribution in [2.75, 3.05) is 26.3 Å². The molecule has 1 aromatic heterocycles. The SMILES string of the molecule is Cl.Cn1cnc(S(=O)(=O)NCc2ccc(CN3CCOCC3)cc2)c1. The summed E-state index contributed by atoms with van der Waals surface area (Å²) in [6, 6.07) is 7.99. The van der Waals surface area contributed by atoms with Crippen molar-refractivity contribution in [2.24, 2.45) is 7.05 Å². The number of hydrogen-bond acceptors (Lipinski definition) is 5. The minimum Gasteiger partial charge on any atom is -0.379 e. The number of nitrogens with zero attached hydrogens (tertiary/aromatic N) is 3. The third kappa shape index (κ3) is 5.52. The third-order valence-corrected chi connectivity index (χ3v) is 5.24. The quantitative estimate of drug-likeness (QED) is 0.806. The highest BCUT2D eigenvalue weighted by Crippen LogP contribution is 2.10. The molecular formula is C16H23ClN4O3S. The normalized spacial score (nSPS) is 15.7. The van der Waals surface area contributed by atoms with Gasteiger partial charge in [0.25, 0.3) is 10.0 Å². The van der Waals surface area contributed by atoms with Gasteiger partial charge in [-0.1, -0.05) is 24.3 Å². The Morgan fingerprint density at radius 1 is 1.16 bits per heavy atom. The van der Waals surface area contributed by atoms with Crippen LogP contribution in [0.25, 0.3) is 0 Å². The minimum absolute atomic E-state index is 0. The van der Waals surface area contributed by atoms with Gasteiger partial charge in [-0.05, 0) is 11.1 Å². The molecule has 0 bridgehead atoms. The summed E-state index contributed by atoms with van der Waals surface area (Å²) in [5.41, 5.74) is 2.13. The first-order valence-electron chi connectivity index (χ1n) is 7.88. The van der Waals surface area contributed by atoms with Crippen molar-refractivity contribution in [3.63, 3.8) is 0 Å². The van der Waals surface area contributed by atoms with Crippen LogP contribution >= 0.6 is 12.4 Å². The molecule has 25 heavy (non-hydrogen) atoms. The summed E-state index contributed by atoms with van der Waals surface area (Å²) in [6.45, 7) is 4.61. The molecule has 7 nitrogen and oxygen atoms in total. The molecule has 1 fully saturated rings. The van der Waals surface area contributed by atoms with E-state index in [0.29, 0.717) is 0 Å². The van der Waals surface area contributed by atoms with Gasteiger partial charge in [0.15, 0.2) is 5.03 Å². The van der Waals surface area contributed by atoms with Crippen LogP contribution in [0.4, 0.5) is 0 Å². The molecule has 138 valence electrons. The summed E-state index contributed by atoms with van der Waals surface area (Å²) in [4.78, 5) is 6.23. The predicted octanol–water partition coefficient (Wildman–Crippen LogP) is 1.15. The number of aryl methyl sites for hydroxylation is 1. The van der Waals surface area contributed by atoms with Crippen LogP contribution in [-0.2, 0) is 34.9 Å². The summed E-state index contributed by atoms with van der Waals surface area (Å²) in [7, 11) is -1.84. The number of aromatic nitrogens is 2.